The van der Waals surface area contributed by atoms with E-state index in [1.807, 2.05) is 0 Å². The Morgan fingerprint density at radius 3 is 2.59 bits per heavy atom. The topological polar surface area (TPSA) is 85.0 Å². The van der Waals surface area contributed by atoms with E-state index in [2.05, 4.69) is 4.90 Å². The second-order valence-corrected chi connectivity index (χ2v) is 7.02. The number of ether oxygens (including phenoxy) is 2. The van der Waals surface area contributed by atoms with E-state index < -0.39 is 23.6 Å². The van der Waals surface area contributed by atoms with Gasteiger partial charge < -0.3 is 25.2 Å². The lowest BCUT2D eigenvalue weighted by Crippen LogP contribution is -2.43. The van der Waals surface area contributed by atoms with Gasteiger partial charge in [-0.2, -0.15) is 0 Å². The van der Waals surface area contributed by atoms with Crippen LogP contribution in [0, 0.1) is 11.6 Å². The normalized spacial score (nSPS) is 16.4. The van der Waals surface area contributed by atoms with E-state index in [0.717, 1.165) is 12.1 Å². The van der Waals surface area contributed by atoms with E-state index in [1.165, 1.54) is 6.07 Å². The third-order valence-corrected chi connectivity index (χ3v) is 4.78. The number of carbonyl (C=O) groups excluding carboxylic acids is 1. The van der Waals surface area contributed by atoms with Crippen LogP contribution in [0.2, 0.25) is 0 Å². The molecule has 1 fully saturated rings. The van der Waals surface area contributed by atoms with Crippen LogP contribution in [-0.2, 0) is 0 Å². The molecule has 1 amide bonds. The third-order valence-electron chi connectivity index (χ3n) is 4.78. The Labute approximate surface area is 167 Å². The van der Waals surface area contributed by atoms with Crippen LogP contribution in [0.3, 0.4) is 0 Å². The Hall–Kier alpha value is -2.71. The fraction of sp³-hybridized carbons (Fsp3) is 0.381. The Bertz CT molecular complexity index is 841. The predicted octanol–water partition coefficient (Wildman–Crippen LogP) is 2.35. The number of hydrogen-bond donors (Lipinski definition) is 2. The van der Waals surface area contributed by atoms with Crippen molar-refractivity contribution in [3.8, 4) is 11.5 Å². The highest BCUT2D eigenvalue weighted by atomic mass is 19.2. The fourth-order valence-electron chi connectivity index (χ4n) is 3.29. The van der Waals surface area contributed by atoms with E-state index in [9.17, 15) is 18.7 Å². The molecule has 0 aromatic heterocycles. The molecule has 1 saturated heterocycles. The number of nitrogens with zero attached hydrogens (tertiary/aromatic N) is 1. The van der Waals surface area contributed by atoms with Crippen molar-refractivity contribution in [1.29, 1.82) is 0 Å². The number of benzene rings is 2. The molecule has 156 valence electrons. The number of para-hydroxylation sites is 1. The van der Waals surface area contributed by atoms with Gasteiger partial charge in [0.1, 0.15) is 30.3 Å². The van der Waals surface area contributed by atoms with Crippen molar-refractivity contribution >= 4 is 5.91 Å². The molecule has 0 bridgehead atoms. The molecule has 3 N–H and O–H groups in total. The van der Waals surface area contributed by atoms with Gasteiger partial charge in [0.25, 0.3) is 5.91 Å². The zero-order chi connectivity index (χ0) is 20.8. The quantitative estimate of drug-likeness (QED) is 0.703. The summed E-state index contributed by atoms with van der Waals surface area (Å²) in [5.74, 6) is -1.76. The number of amides is 1. The van der Waals surface area contributed by atoms with Crippen LogP contribution >= 0.6 is 0 Å². The number of halogens is 2. The van der Waals surface area contributed by atoms with Crippen LogP contribution in [0.15, 0.2) is 42.5 Å². The Morgan fingerprint density at radius 2 is 1.90 bits per heavy atom. The molecule has 6 nitrogen and oxygen atoms in total. The van der Waals surface area contributed by atoms with Gasteiger partial charge in [0.05, 0.1) is 5.56 Å². The molecule has 0 spiro atoms. The summed E-state index contributed by atoms with van der Waals surface area (Å²) in [6.07, 6.45) is 0.584. The number of likely N-dealkylation sites (tertiary alicyclic amines) is 1. The predicted molar refractivity (Wildman–Crippen MR) is 103 cm³/mol. The zero-order valence-electron chi connectivity index (χ0n) is 15.9. The van der Waals surface area contributed by atoms with Crippen LogP contribution in [0.5, 0.6) is 11.5 Å². The van der Waals surface area contributed by atoms with Crippen molar-refractivity contribution in [2.24, 2.45) is 5.73 Å². The zero-order valence-corrected chi connectivity index (χ0v) is 15.9. The van der Waals surface area contributed by atoms with E-state index in [-0.39, 0.29) is 18.3 Å². The number of piperidine rings is 1. The second-order valence-electron chi connectivity index (χ2n) is 7.02. The van der Waals surface area contributed by atoms with Gasteiger partial charge in [-0.05, 0) is 37.1 Å². The SMILES string of the molecule is NC(=O)c1ccccc1OCC(O)CN1CCC(Oc2ccc(F)c(F)c2)CC1. The Balaban J connectivity index is 1.42. The molecule has 1 heterocycles. The number of aliphatic hydroxyl groups excluding tert-OH is 1. The summed E-state index contributed by atoms with van der Waals surface area (Å²) in [6, 6.07) is 10.1. The summed E-state index contributed by atoms with van der Waals surface area (Å²) in [4.78, 5) is 13.5. The molecular formula is C21H24F2N2O4. The molecule has 2 aromatic carbocycles. The minimum atomic E-state index is -0.930. The largest absolute Gasteiger partial charge is 0.490 e. The average molecular weight is 406 g/mol. The maximum absolute atomic E-state index is 13.3. The van der Waals surface area contributed by atoms with E-state index in [1.54, 1.807) is 24.3 Å². The number of β-amino-alcohol motifs (C(OH)–C–C–N with tert-alkyl or cyclic N) is 1. The summed E-state index contributed by atoms with van der Waals surface area (Å²) in [7, 11) is 0. The standard InChI is InChI=1S/C21H24F2N2O4/c22-18-6-5-16(11-19(18)23)29-15-7-9-25(10-8-15)12-14(26)13-28-20-4-2-1-3-17(20)21(24)27/h1-6,11,14-15,26H,7-10,12-13H2,(H2,24,27). The highest BCUT2D eigenvalue weighted by Crippen LogP contribution is 2.22. The smallest absolute Gasteiger partial charge is 0.252 e. The molecule has 2 aromatic rings. The molecule has 0 aliphatic carbocycles. The number of carbonyl (C=O) groups is 1. The third kappa shape index (κ3) is 5.88. The summed E-state index contributed by atoms with van der Waals surface area (Å²) in [5, 5.41) is 10.3. The first kappa shape index (κ1) is 21.0. The van der Waals surface area contributed by atoms with Gasteiger partial charge in [0, 0.05) is 25.7 Å². The first-order chi connectivity index (χ1) is 13.9. The van der Waals surface area contributed by atoms with Crippen molar-refractivity contribution in [1.82, 2.24) is 4.90 Å². The number of rotatable bonds is 8. The highest BCUT2D eigenvalue weighted by molar-refractivity contribution is 5.95. The van der Waals surface area contributed by atoms with Gasteiger partial charge in [-0.15, -0.1) is 0 Å². The van der Waals surface area contributed by atoms with Crippen LogP contribution in [0.25, 0.3) is 0 Å². The fourth-order valence-corrected chi connectivity index (χ4v) is 3.29. The number of nitrogens with two attached hydrogens (primary N) is 1. The van der Waals surface area contributed by atoms with Crippen LogP contribution in [0.4, 0.5) is 8.78 Å². The summed E-state index contributed by atoms with van der Waals surface area (Å²) < 4.78 is 37.5. The Morgan fingerprint density at radius 1 is 1.17 bits per heavy atom. The minimum absolute atomic E-state index is 0.0373. The lowest BCUT2D eigenvalue weighted by Gasteiger charge is -2.33. The van der Waals surface area contributed by atoms with Crippen LogP contribution in [0.1, 0.15) is 23.2 Å². The van der Waals surface area contributed by atoms with Crippen molar-refractivity contribution in [3.05, 3.63) is 59.7 Å². The first-order valence-electron chi connectivity index (χ1n) is 9.46. The molecule has 0 saturated carbocycles. The first-order valence-corrected chi connectivity index (χ1v) is 9.46. The monoisotopic (exact) mass is 406 g/mol. The van der Waals surface area contributed by atoms with Crippen molar-refractivity contribution in [2.45, 2.75) is 25.0 Å². The van der Waals surface area contributed by atoms with Crippen LogP contribution < -0.4 is 15.2 Å². The van der Waals surface area contributed by atoms with Gasteiger partial charge in [0.2, 0.25) is 0 Å². The summed E-state index contributed by atoms with van der Waals surface area (Å²) in [6.45, 7) is 1.85. The maximum atomic E-state index is 13.3. The summed E-state index contributed by atoms with van der Waals surface area (Å²) >= 11 is 0. The molecule has 1 atom stereocenters. The van der Waals surface area contributed by atoms with Gasteiger partial charge in [-0.1, -0.05) is 12.1 Å². The second kappa shape index (κ2) is 9.67. The van der Waals surface area contributed by atoms with Crippen LogP contribution in [-0.4, -0.2) is 54.4 Å². The van der Waals surface area contributed by atoms with Crippen molar-refractivity contribution in [2.75, 3.05) is 26.2 Å². The van der Waals surface area contributed by atoms with Gasteiger partial charge in [0.15, 0.2) is 11.6 Å². The number of aliphatic hydroxyl groups is 1. The molecule has 1 aliphatic rings. The summed E-state index contributed by atoms with van der Waals surface area (Å²) in [5.41, 5.74) is 5.59. The Kier molecular flexibility index (Phi) is 7.00. The molecule has 29 heavy (non-hydrogen) atoms. The van der Waals surface area contributed by atoms with Gasteiger partial charge in [-0.25, -0.2) is 8.78 Å². The highest BCUT2D eigenvalue weighted by Gasteiger charge is 2.23. The molecule has 0 radical (unpaired) electrons. The van der Waals surface area contributed by atoms with Crippen molar-refractivity contribution in [3.63, 3.8) is 0 Å². The number of hydrogen-bond acceptors (Lipinski definition) is 5. The molecule has 1 unspecified atom stereocenters. The van der Waals surface area contributed by atoms with E-state index in [0.29, 0.717) is 44.0 Å². The molecule has 3 rings (SSSR count). The molecule has 8 heteroatoms. The average Bonchev–Trinajstić information content (AvgIpc) is 2.71. The lowest BCUT2D eigenvalue weighted by atomic mass is 10.1. The molecule has 1 aliphatic heterocycles. The van der Waals surface area contributed by atoms with Gasteiger partial charge >= 0.3 is 0 Å². The lowest BCUT2D eigenvalue weighted by molar-refractivity contribution is 0.0398. The molecular weight excluding hydrogens is 382 g/mol. The number of primary amides is 1. The maximum Gasteiger partial charge on any atom is 0.252 e. The van der Waals surface area contributed by atoms with E-state index in [4.69, 9.17) is 15.2 Å². The van der Waals surface area contributed by atoms with Gasteiger partial charge in [-0.3, -0.25) is 4.79 Å². The van der Waals surface area contributed by atoms with E-state index >= 15 is 0 Å². The minimum Gasteiger partial charge on any atom is -0.490 e. The van der Waals surface area contributed by atoms with Crippen molar-refractivity contribution < 1.29 is 28.2 Å².